The first-order valence-electron chi connectivity index (χ1n) is 7.00. The van der Waals surface area contributed by atoms with E-state index in [1.54, 1.807) is 0 Å². The number of nitrogens with zero attached hydrogens (tertiary/aromatic N) is 2. The monoisotopic (exact) mass is 283 g/mol. The van der Waals surface area contributed by atoms with Gasteiger partial charge in [-0.05, 0) is 24.5 Å². The van der Waals surface area contributed by atoms with Crippen molar-refractivity contribution in [1.29, 1.82) is 0 Å². The average Bonchev–Trinajstić information content (AvgIpc) is 2.34. The Hall–Kier alpha value is -0.800. The van der Waals surface area contributed by atoms with Gasteiger partial charge in [0.1, 0.15) is 5.82 Å². The second-order valence-electron chi connectivity index (χ2n) is 5.74. The van der Waals surface area contributed by atoms with Crippen molar-refractivity contribution >= 4 is 17.4 Å². The third kappa shape index (κ3) is 5.79. The van der Waals surface area contributed by atoms with Gasteiger partial charge in [-0.3, -0.25) is 0 Å². The molecule has 4 heteroatoms. The van der Waals surface area contributed by atoms with Gasteiger partial charge >= 0.3 is 0 Å². The number of pyridine rings is 1. The Morgan fingerprint density at radius 1 is 1.26 bits per heavy atom. The number of hydrogen-bond acceptors (Lipinski definition) is 3. The largest absolute Gasteiger partial charge is 0.360 e. The van der Waals surface area contributed by atoms with Gasteiger partial charge in [0.15, 0.2) is 0 Å². The SMILES string of the molecule is CC(C)CCN(C)c1ccc(Cl)c(CNC(C)C)n1. The van der Waals surface area contributed by atoms with Crippen LogP contribution in [-0.2, 0) is 6.54 Å². The third-order valence-electron chi connectivity index (χ3n) is 3.01. The van der Waals surface area contributed by atoms with Crippen molar-refractivity contribution in [2.45, 2.75) is 46.7 Å². The van der Waals surface area contributed by atoms with Crippen LogP contribution in [0.2, 0.25) is 5.02 Å². The molecule has 19 heavy (non-hydrogen) atoms. The zero-order chi connectivity index (χ0) is 14.4. The van der Waals surface area contributed by atoms with Gasteiger partial charge in [-0.25, -0.2) is 4.98 Å². The number of aromatic nitrogens is 1. The van der Waals surface area contributed by atoms with Crippen LogP contribution >= 0.6 is 11.6 Å². The van der Waals surface area contributed by atoms with Crippen LogP contribution in [-0.4, -0.2) is 24.6 Å². The molecule has 0 atom stereocenters. The van der Waals surface area contributed by atoms with Crippen molar-refractivity contribution in [1.82, 2.24) is 10.3 Å². The van der Waals surface area contributed by atoms with Gasteiger partial charge < -0.3 is 10.2 Å². The van der Waals surface area contributed by atoms with Gasteiger partial charge in [0.25, 0.3) is 0 Å². The molecule has 1 aromatic heterocycles. The van der Waals surface area contributed by atoms with Crippen LogP contribution in [0.5, 0.6) is 0 Å². The van der Waals surface area contributed by atoms with Crippen molar-refractivity contribution in [3.8, 4) is 0 Å². The van der Waals surface area contributed by atoms with Crippen molar-refractivity contribution in [3.63, 3.8) is 0 Å². The smallest absolute Gasteiger partial charge is 0.128 e. The summed E-state index contributed by atoms with van der Waals surface area (Å²) in [5, 5.41) is 4.08. The molecule has 3 nitrogen and oxygen atoms in total. The van der Waals surface area contributed by atoms with E-state index in [9.17, 15) is 0 Å². The van der Waals surface area contributed by atoms with Gasteiger partial charge in [-0.1, -0.05) is 39.3 Å². The Labute approximate surface area is 122 Å². The Morgan fingerprint density at radius 2 is 1.95 bits per heavy atom. The minimum absolute atomic E-state index is 0.431. The molecular formula is C15H26ClN3. The average molecular weight is 284 g/mol. The highest BCUT2D eigenvalue weighted by molar-refractivity contribution is 6.31. The fraction of sp³-hybridized carbons (Fsp3) is 0.667. The molecule has 0 aliphatic heterocycles. The maximum absolute atomic E-state index is 6.19. The molecular weight excluding hydrogens is 258 g/mol. The molecule has 0 fully saturated rings. The van der Waals surface area contributed by atoms with Gasteiger partial charge in [0, 0.05) is 26.2 Å². The van der Waals surface area contributed by atoms with Crippen molar-refractivity contribution in [3.05, 3.63) is 22.8 Å². The van der Waals surface area contributed by atoms with E-state index < -0.39 is 0 Å². The molecule has 0 unspecified atom stereocenters. The normalized spacial score (nSPS) is 11.4. The van der Waals surface area contributed by atoms with Gasteiger partial charge in [-0.15, -0.1) is 0 Å². The summed E-state index contributed by atoms with van der Waals surface area (Å²) in [7, 11) is 2.08. The van der Waals surface area contributed by atoms with Crippen LogP contribution in [0.25, 0.3) is 0 Å². The zero-order valence-electron chi connectivity index (χ0n) is 12.7. The summed E-state index contributed by atoms with van der Waals surface area (Å²) in [6.45, 7) is 10.4. The summed E-state index contributed by atoms with van der Waals surface area (Å²) in [5.74, 6) is 1.70. The number of rotatable bonds is 7. The fourth-order valence-corrected chi connectivity index (χ4v) is 1.85. The first-order chi connectivity index (χ1) is 8.90. The molecule has 0 bridgehead atoms. The molecule has 0 saturated carbocycles. The van der Waals surface area contributed by atoms with Crippen LogP contribution in [0.4, 0.5) is 5.82 Å². The lowest BCUT2D eigenvalue weighted by Crippen LogP contribution is -2.24. The predicted octanol–water partition coefficient (Wildman–Crippen LogP) is 3.72. The van der Waals surface area contributed by atoms with E-state index in [0.29, 0.717) is 18.5 Å². The highest BCUT2D eigenvalue weighted by atomic mass is 35.5. The minimum Gasteiger partial charge on any atom is -0.360 e. The van der Waals surface area contributed by atoms with Gasteiger partial charge in [-0.2, -0.15) is 0 Å². The van der Waals surface area contributed by atoms with Gasteiger partial charge in [0.2, 0.25) is 0 Å². The standard InChI is InChI=1S/C15H26ClN3/c1-11(2)8-9-19(5)15-7-6-13(16)14(18-15)10-17-12(3)4/h6-7,11-12,17H,8-10H2,1-5H3. The van der Waals surface area contributed by atoms with Crippen LogP contribution in [0.3, 0.4) is 0 Å². The van der Waals surface area contributed by atoms with E-state index in [4.69, 9.17) is 11.6 Å². The van der Waals surface area contributed by atoms with Crippen LogP contribution in [0.1, 0.15) is 39.8 Å². The Kier molecular flexibility index (Phi) is 6.59. The Morgan fingerprint density at radius 3 is 2.53 bits per heavy atom. The Bertz CT molecular complexity index is 391. The quantitative estimate of drug-likeness (QED) is 0.827. The second-order valence-corrected chi connectivity index (χ2v) is 6.14. The molecule has 108 valence electrons. The Balaban J connectivity index is 2.71. The van der Waals surface area contributed by atoms with E-state index in [0.717, 1.165) is 23.1 Å². The molecule has 0 aromatic carbocycles. The molecule has 0 amide bonds. The summed E-state index contributed by atoms with van der Waals surface area (Å²) in [6.07, 6.45) is 1.17. The molecule has 1 aromatic rings. The van der Waals surface area contributed by atoms with E-state index in [1.165, 1.54) is 6.42 Å². The summed E-state index contributed by atoms with van der Waals surface area (Å²) in [4.78, 5) is 6.84. The van der Waals surface area contributed by atoms with Crippen LogP contribution in [0.15, 0.2) is 12.1 Å². The highest BCUT2D eigenvalue weighted by Gasteiger charge is 2.08. The summed E-state index contributed by atoms with van der Waals surface area (Å²) in [5.41, 5.74) is 0.921. The topological polar surface area (TPSA) is 28.2 Å². The maximum atomic E-state index is 6.19. The maximum Gasteiger partial charge on any atom is 0.128 e. The lowest BCUT2D eigenvalue weighted by Gasteiger charge is -2.20. The van der Waals surface area contributed by atoms with E-state index in [2.05, 4.69) is 49.9 Å². The molecule has 1 rings (SSSR count). The molecule has 1 heterocycles. The van der Waals surface area contributed by atoms with Crippen LogP contribution < -0.4 is 10.2 Å². The van der Waals surface area contributed by atoms with E-state index >= 15 is 0 Å². The van der Waals surface area contributed by atoms with Gasteiger partial charge in [0.05, 0.1) is 10.7 Å². The first kappa shape index (κ1) is 16.3. The van der Waals surface area contributed by atoms with Crippen molar-refractivity contribution in [2.24, 2.45) is 5.92 Å². The lowest BCUT2D eigenvalue weighted by molar-refractivity contribution is 0.575. The molecule has 0 aliphatic rings. The number of hydrogen-bond donors (Lipinski definition) is 1. The predicted molar refractivity (Wildman–Crippen MR) is 83.9 cm³/mol. The summed E-state index contributed by atoms with van der Waals surface area (Å²) >= 11 is 6.19. The molecule has 0 spiro atoms. The number of nitrogens with one attached hydrogen (secondary N) is 1. The summed E-state index contributed by atoms with van der Waals surface area (Å²) in [6, 6.07) is 4.36. The van der Waals surface area contributed by atoms with E-state index in [-0.39, 0.29) is 0 Å². The van der Waals surface area contributed by atoms with E-state index in [1.807, 2.05) is 12.1 Å². The van der Waals surface area contributed by atoms with Crippen molar-refractivity contribution in [2.75, 3.05) is 18.5 Å². The molecule has 0 saturated heterocycles. The first-order valence-corrected chi connectivity index (χ1v) is 7.38. The second kappa shape index (κ2) is 7.71. The summed E-state index contributed by atoms with van der Waals surface area (Å²) < 4.78 is 0. The minimum atomic E-state index is 0.431. The highest BCUT2D eigenvalue weighted by Crippen LogP contribution is 2.19. The molecule has 0 radical (unpaired) electrons. The lowest BCUT2D eigenvalue weighted by atomic mass is 10.1. The van der Waals surface area contributed by atoms with Crippen LogP contribution in [0, 0.1) is 5.92 Å². The molecule has 1 N–H and O–H groups in total. The molecule has 0 aliphatic carbocycles. The fourth-order valence-electron chi connectivity index (χ4n) is 1.68. The van der Waals surface area contributed by atoms with Crippen molar-refractivity contribution < 1.29 is 0 Å². The number of halogens is 1. The number of anilines is 1. The zero-order valence-corrected chi connectivity index (χ0v) is 13.5. The third-order valence-corrected chi connectivity index (χ3v) is 3.36.